The minimum Gasteiger partial charge on any atom is -0.495 e. The van der Waals surface area contributed by atoms with Gasteiger partial charge in [0.05, 0.1) is 13.7 Å². The summed E-state index contributed by atoms with van der Waals surface area (Å²) in [6, 6.07) is 13.2. The number of benzene rings is 2. The monoisotopic (exact) mass is 322 g/mol. The molecular weight excluding hydrogens is 304 g/mol. The topological polar surface area (TPSA) is 61.8 Å². The Labute approximate surface area is 130 Å². The first-order valence-electron chi connectivity index (χ1n) is 6.72. The van der Waals surface area contributed by atoms with E-state index < -0.39 is 10.1 Å². The Bertz CT molecular complexity index is 708. The van der Waals surface area contributed by atoms with E-state index in [4.69, 9.17) is 13.7 Å². The fraction of sp³-hybridized carbons (Fsp3) is 0.250. The smallest absolute Gasteiger partial charge is 0.342 e. The molecule has 0 amide bonds. The molecule has 0 spiro atoms. The van der Waals surface area contributed by atoms with Crippen molar-refractivity contribution in [2.45, 2.75) is 11.3 Å². The largest absolute Gasteiger partial charge is 0.495 e. The molecule has 0 fully saturated rings. The Kier molecular flexibility index (Phi) is 5.41. The van der Waals surface area contributed by atoms with Crippen LogP contribution < -0.4 is 8.92 Å². The molecule has 5 nitrogen and oxygen atoms in total. The molecule has 0 unspecified atom stereocenters. The van der Waals surface area contributed by atoms with E-state index in [9.17, 15) is 8.42 Å². The number of para-hydroxylation sites is 1. The van der Waals surface area contributed by atoms with Crippen LogP contribution in [0.25, 0.3) is 0 Å². The average molecular weight is 322 g/mol. The molecule has 0 atom stereocenters. The quantitative estimate of drug-likeness (QED) is 0.733. The van der Waals surface area contributed by atoms with Crippen LogP contribution in [-0.4, -0.2) is 29.2 Å². The highest BCUT2D eigenvalue weighted by atomic mass is 32.2. The van der Waals surface area contributed by atoms with Gasteiger partial charge in [0.2, 0.25) is 0 Å². The van der Waals surface area contributed by atoms with Gasteiger partial charge in [0.15, 0.2) is 0 Å². The average Bonchev–Trinajstić information content (AvgIpc) is 2.54. The van der Waals surface area contributed by atoms with Crippen LogP contribution >= 0.6 is 0 Å². The summed E-state index contributed by atoms with van der Waals surface area (Å²) in [7, 11) is -0.884. The number of rotatable bonds is 7. The second-order valence-electron chi connectivity index (χ2n) is 4.58. The lowest BCUT2D eigenvalue weighted by Crippen LogP contribution is -2.11. The minimum atomic E-state index is -3.94. The lowest BCUT2D eigenvalue weighted by atomic mass is 10.1. The molecule has 2 aromatic rings. The maximum Gasteiger partial charge on any atom is 0.342 e. The summed E-state index contributed by atoms with van der Waals surface area (Å²) in [5.41, 5.74) is 1.05. The molecule has 22 heavy (non-hydrogen) atoms. The molecular formula is C16H18O5S. The summed E-state index contributed by atoms with van der Waals surface area (Å²) in [6.07, 6.45) is 0.760. The van der Waals surface area contributed by atoms with Gasteiger partial charge in [-0.25, -0.2) is 0 Å². The Morgan fingerprint density at radius 2 is 1.64 bits per heavy atom. The molecule has 0 heterocycles. The van der Waals surface area contributed by atoms with Crippen LogP contribution in [0.1, 0.15) is 5.56 Å². The van der Waals surface area contributed by atoms with Gasteiger partial charge in [-0.15, -0.1) is 0 Å². The summed E-state index contributed by atoms with van der Waals surface area (Å²) < 4.78 is 39.8. The van der Waals surface area contributed by atoms with Crippen LogP contribution in [0.3, 0.4) is 0 Å². The van der Waals surface area contributed by atoms with Gasteiger partial charge in [0, 0.05) is 7.11 Å². The van der Waals surface area contributed by atoms with E-state index in [1.54, 1.807) is 37.4 Å². The zero-order valence-corrected chi connectivity index (χ0v) is 13.3. The highest BCUT2D eigenvalue weighted by molar-refractivity contribution is 7.87. The summed E-state index contributed by atoms with van der Waals surface area (Å²) in [5.74, 6) is 0.506. The Hall–Kier alpha value is -2.05. The Morgan fingerprint density at radius 1 is 0.955 bits per heavy atom. The normalized spacial score (nSPS) is 11.2. The van der Waals surface area contributed by atoms with Crippen LogP contribution in [-0.2, 0) is 21.3 Å². The predicted octanol–water partition coefficient (Wildman–Crippen LogP) is 2.65. The van der Waals surface area contributed by atoms with E-state index in [2.05, 4.69) is 0 Å². The number of ether oxygens (including phenoxy) is 2. The van der Waals surface area contributed by atoms with Crippen molar-refractivity contribution in [3.63, 3.8) is 0 Å². The molecule has 0 N–H and O–H groups in total. The lowest BCUT2D eigenvalue weighted by molar-refractivity contribution is 0.202. The van der Waals surface area contributed by atoms with Crippen LogP contribution in [0.2, 0.25) is 0 Å². The van der Waals surface area contributed by atoms with Crippen LogP contribution in [0, 0.1) is 0 Å². The molecule has 0 radical (unpaired) electrons. The van der Waals surface area contributed by atoms with E-state index in [1.165, 1.54) is 13.2 Å². The van der Waals surface area contributed by atoms with Gasteiger partial charge >= 0.3 is 10.1 Å². The third-order valence-corrected chi connectivity index (χ3v) is 4.35. The lowest BCUT2D eigenvalue weighted by Gasteiger charge is -2.10. The molecule has 0 aliphatic rings. The third kappa shape index (κ3) is 3.99. The fourth-order valence-corrected chi connectivity index (χ4v) is 3.03. The van der Waals surface area contributed by atoms with E-state index in [-0.39, 0.29) is 16.4 Å². The predicted molar refractivity (Wildman–Crippen MR) is 82.8 cm³/mol. The summed E-state index contributed by atoms with van der Waals surface area (Å²) in [6.45, 7) is 0.611. The first-order valence-corrected chi connectivity index (χ1v) is 8.13. The second kappa shape index (κ2) is 7.29. The fourth-order valence-electron chi connectivity index (χ4n) is 1.93. The first-order chi connectivity index (χ1) is 10.6. The van der Waals surface area contributed by atoms with Crippen molar-refractivity contribution in [2.24, 2.45) is 0 Å². The number of hydrogen-bond donors (Lipinski definition) is 0. The third-order valence-electron chi connectivity index (χ3n) is 3.06. The maximum atomic E-state index is 12.3. The summed E-state index contributed by atoms with van der Waals surface area (Å²) in [4.78, 5) is 0.000888. The maximum absolute atomic E-state index is 12.3. The van der Waals surface area contributed by atoms with Crippen LogP contribution in [0.5, 0.6) is 11.5 Å². The highest BCUT2D eigenvalue weighted by Crippen LogP contribution is 2.26. The molecule has 2 rings (SSSR count). The minimum absolute atomic E-state index is 0.000888. The molecule has 118 valence electrons. The molecule has 6 heteroatoms. The van der Waals surface area contributed by atoms with Crippen molar-refractivity contribution in [1.82, 2.24) is 0 Å². The SMILES string of the molecule is COCCc1ccc(OS(=O)(=O)c2ccccc2OC)cc1. The van der Waals surface area contributed by atoms with Gasteiger partial charge in [-0.05, 0) is 36.2 Å². The van der Waals surface area contributed by atoms with Crippen LogP contribution in [0.15, 0.2) is 53.4 Å². The van der Waals surface area contributed by atoms with Gasteiger partial charge in [-0.2, -0.15) is 8.42 Å². The molecule has 0 aromatic heterocycles. The zero-order valence-electron chi connectivity index (χ0n) is 12.5. The second-order valence-corrected chi connectivity index (χ2v) is 6.09. The van der Waals surface area contributed by atoms with Crippen molar-refractivity contribution in [3.05, 3.63) is 54.1 Å². The van der Waals surface area contributed by atoms with Crippen molar-refractivity contribution in [3.8, 4) is 11.5 Å². The Balaban J connectivity index is 2.18. The molecule has 0 saturated heterocycles. The standard InChI is InChI=1S/C16H18O5S/c1-19-12-11-13-7-9-14(10-8-13)21-22(17,18)16-6-4-3-5-15(16)20-2/h3-10H,11-12H2,1-2H3. The molecule has 0 aliphatic heterocycles. The molecule has 0 saturated carbocycles. The molecule has 0 bridgehead atoms. The van der Waals surface area contributed by atoms with E-state index in [0.717, 1.165) is 12.0 Å². The van der Waals surface area contributed by atoms with Crippen LogP contribution in [0.4, 0.5) is 0 Å². The van der Waals surface area contributed by atoms with E-state index >= 15 is 0 Å². The summed E-state index contributed by atoms with van der Waals surface area (Å²) >= 11 is 0. The Morgan fingerprint density at radius 3 is 2.27 bits per heavy atom. The highest BCUT2D eigenvalue weighted by Gasteiger charge is 2.21. The van der Waals surface area contributed by atoms with Gasteiger partial charge in [0.1, 0.15) is 16.4 Å². The van der Waals surface area contributed by atoms with Gasteiger partial charge in [-0.3, -0.25) is 0 Å². The summed E-state index contributed by atoms with van der Waals surface area (Å²) in [5, 5.41) is 0. The van der Waals surface area contributed by atoms with E-state index in [1.807, 2.05) is 12.1 Å². The van der Waals surface area contributed by atoms with Gasteiger partial charge in [0.25, 0.3) is 0 Å². The van der Waals surface area contributed by atoms with E-state index in [0.29, 0.717) is 6.61 Å². The first kappa shape index (κ1) is 16.3. The number of hydrogen-bond acceptors (Lipinski definition) is 5. The molecule has 0 aliphatic carbocycles. The molecule has 2 aromatic carbocycles. The van der Waals surface area contributed by atoms with Crippen molar-refractivity contribution in [2.75, 3.05) is 20.8 Å². The number of methoxy groups -OCH3 is 2. The van der Waals surface area contributed by atoms with Crippen molar-refractivity contribution < 1.29 is 22.1 Å². The zero-order chi connectivity index (χ0) is 16.0. The van der Waals surface area contributed by atoms with Gasteiger partial charge in [-0.1, -0.05) is 24.3 Å². The van der Waals surface area contributed by atoms with Gasteiger partial charge < -0.3 is 13.7 Å². The van der Waals surface area contributed by atoms with Crippen molar-refractivity contribution >= 4 is 10.1 Å². The van der Waals surface area contributed by atoms with Crippen molar-refractivity contribution in [1.29, 1.82) is 0 Å².